The lowest BCUT2D eigenvalue weighted by molar-refractivity contribution is -0.137. The van der Waals surface area contributed by atoms with E-state index in [9.17, 15) is 18.0 Å². The standard InChI is InChI=1S/C24H21F3N2O2S/c1-17-16-32-23(29(17)14-18-5-3-2-4-6-18)28-12-11-21(13-22(28)30)31-15-19-7-9-20(10-8-19)24(25,26)27/h2-13,16,23H,14-15H2,1H3. The van der Waals surface area contributed by atoms with Crippen LogP contribution < -0.4 is 10.3 Å². The predicted molar refractivity (Wildman–Crippen MR) is 119 cm³/mol. The van der Waals surface area contributed by atoms with Crippen molar-refractivity contribution in [2.75, 3.05) is 0 Å². The third kappa shape index (κ3) is 5.02. The number of allylic oxidation sites excluding steroid dienone is 1. The summed E-state index contributed by atoms with van der Waals surface area (Å²) in [5, 5.41) is 2.04. The van der Waals surface area contributed by atoms with Crippen molar-refractivity contribution in [2.24, 2.45) is 0 Å². The smallest absolute Gasteiger partial charge is 0.416 e. The maximum Gasteiger partial charge on any atom is 0.416 e. The molecule has 4 rings (SSSR count). The minimum absolute atomic E-state index is 0.0700. The summed E-state index contributed by atoms with van der Waals surface area (Å²) in [5.41, 5.74) is 1.69. The van der Waals surface area contributed by atoms with E-state index < -0.39 is 11.7 Å². The highest BCUT2D eigenvalue weighted by atomic mass is 32.2. The molecule has 0 fully saturated rings. The number of alkyl halides is 3. The first-order chi connectivity index (χ1) is 15.3. The third-order valence-electron chi connectivity index (χ3n) is 5.12. The lowest BCUT2D eigenvalue weighted by atomic mass is 10.1. The van der Waals surface area contributed by atoms with Gasteiger partial charge in [-0.15, -0.1) is 0 Å². The first-order valence-electron chi connectivity index (χ1n) is 9.95. The monoisotopic (exact) mass is 458 g/mol. The molecule has 0 amide bonds. The fourth-order valence-electron chi connectivity index (χ4n) is 3.37. The molecule has 32 heavy (non-hydrogen) atoms. The van der Waals surface area contributed by atoms with Crippen LogP contribution in [-0.2, 0) is 19.3 Å². The van der Waals surface area contributed by atoms with Crippen molar-refractivity contribution in [3.05, 3.63) is 111 Å². The molecule has 0 saturated heterocycles. The van der Waals surface area contributed by atoms with E-state index in [-0.39, 0.29) is 17.7 Å². The predicted octanol–water partition coefficient (Wildman–Crippen LogP) is 6.01. The SMILES string of the molecule is CC1=CSC(n2ccc(OCc3ccc(C(F)(F)F)cc3)cc2=O)N1Cc1ccccc1. The molecule has 1 aliphatic heterocycles. The van der Waals surface area contributed by atoms with Gasteiger partial charge in [-0.1, -0.05) is 54.2 Å². The number of nitrogens with zero attached hydrogens (tertiary/aromatic N) is 2. The Hall–Kier alpha value is -3.13. The Bertz CT molecular complexity index is 1160. The molecular formula is C24H21F3N2O2S. The topological polar surface area (TPSA) is 34.5 Å². The zero-order valence-corrected chi connectivity index (χ0v) is 18.1. The molecule has 0 spiro atoms. The Balaban J connectivity index is 1.44. The molecule has 0 saturated carbocycles. The van der Waals surface area contributed by atoms with Gasteiger partial charge in [0.15, 0.2) is 5.50 Å². The van der Waals surface area contributed by atoms with Gasteiger partial charge in [0.1, 0.15) is 12.4 Å². The number of pyridine rings is 1. The Morgan fingerprint density at radius 1 is 1.00 bits per heavy atom. The van der Waals surface area contributed by atoms with Crippen LogP contribution in [0.15, 0.2) is 88.8 Å². The molecule has 0 bridgehead atoms. The van der Waals surface area contributed by atoms with Crippen LogP contribution in [0.5, 0.6) is 5.75 Å². The summed E-state index contributed by atoms with van der Waals surface area (Å²) in [7, 11) is 0. The Kier molecular flexibility index (Phi) is 6.32. The molecule has 1 atom stereocenters. The van der Waals surface area contributed by atoms with Crippen molar-refractivity contribution in [3.63, 3.8) is 0 Å². The normalized spacial score (nSPS) is 16.2. The Morgan fingerprint density at radius 2 is 1.72 bits per heavy atom. The van der Waals surface area contributed by atoms with Gasteiger partial charge in [0.25, 0.3) is 5.56 Å². The number of aromatic nitrogens is 1. The molecule has 0 aliphatic carbocycles. The fourth-order valence-corrected chi connectivity index (χ4v) is 4.52. The minimum Gasteiger partial charge on any atom is -0.489 e. The first-order valence-corrected chi connectivity index (χ1v) is 10.9. The number of rotatable bonds is 6. The summed E-state index contributed by atoms with van der Waals surface area (Å²) in [6.07, 6.45) is -2.68. The van der Waals surface area contributed by atoms with Gasteiger partial charge in [-0.3, -0.25) is 9.36 Å². The van der Waals surface area contributed by atoms with E-state index in [0.717, 1.165) is 23.4 Å². The summed E-state index contributed by atoms with van der Waals surface area (Å²) in [6, 6.07) is 17.9. The first kappa shape index (κ1) is 22.1. The van der Waals surface area contributed by atoms with Crippen LogP contribution in [0.1, 0.15) is 29.1 Å². The lowest BCUT2D eigenvalue weighted by Gasteiger charge is -2.29. The number of ether oxygens (including phenoxy) is 1. The highest BCUT2D eigenvalue weighted by Gasteiger charge is 2.30. The molecule has 3 aromatic rings. The third-order valence-corrected chi connectivity index (χ3v) is 6.32. The van der Waals surface area contributed by atoms with Crippen molar-refractivity contribution >= 4 is 11.8 Å². The van der Waals surface area contributed by atoms with Crippen LogP contribution in [0, 0.1) is 0 Å². The van der Waals surface area contributed by atoms with Gasteiger partial charge in [0, 0.05) is 24.5 Å². The second kappa shape index (κ2) is 9.16. The zero-order chi connectivity index (χ0) is 22.7. The summed E-state index contributed by atoms with van der Waals surface area (Å²) >= 11 is 1.56. The van der Waals surface area contributed by atoms with Crippen LogP contribution in [0.2, 0.25) is 0 Å². The number of hydrogen-bond donors (Lipinski definition) is 0. The van der Waals surface area contributed by atoms with Gasteiger partial charge in [0.2, 0.25) is 0 Å². The van der Waals surface area contributed by atoms with Crippen molar-refractivity contribution < 1.29 is 17.9 Å². The van der Waals surface area contributed by atoms with E-state index >= 15 is 0 Å². The van der Waals surface area contributed by atoms with E-state index in [1.807, 2.05) is 42.7 Å². The van der Waals surface area contributed by atoms with Crippen molar-refractivity contribution in [1.82, 2.24) is 9.47 Å². The number of halogens is 3. The number of thioether (sulfide) groups is 1. The van der Waals surface area contributed by atoms with Crippen LogP contribution >= 0.6 is 11.8 Å². The van der Waals surface area contributed by atoms with Crippen LogP contribution in [0.25, 0.3) is 0 Å². The highest BCUT2D eigenvalue weighted by Crippen LogP contribution is 2.39. The summed E-state index contributed by atoms with van der Waals surface area (Å²) < 4.78 is 45.3. The molecule has 2 heterocycles. The van der Waals surface area contributed by atoms with Crippen molar-refractivity contribution in [1.29, 1.82) is 0 Å². The van der Waals surface area contributed by atoms with E-state index in [1.54, 1.807) is 28.6 Å². The Labute approximate surface area is 187 Å². The van der Waals surface area contributed by atoms with Gasteiger partial charge < -0.3 is 9.64 Å². The van der Waals surface area contributed by atoms with Crippen LogP contribution in [0.4, 0.5) is 13.2 Å². The molecule has 0 N–H and O–H groups in total. The molecule has 8 heteroatoms. The summed E-state index contributed by atoms with van der Waals surface area (Å²) in [4.78, 5) is 14.9. The molecule has 166 valence electrons. The van der Waals surface area contributed by atoms with Gasteiger partial charge >= 0.3 is 6.18 Å². The van der Waals surface area contributed by atoms with E-state index in [1.165, 1.54) is 18.2 Å². The largest absolute Gasteiger partial charge is 0.489 e. The quantitative estimate of drug-likeness (QED) is 0.453. The van der Waals surface area contributed by atoms with E-state index in [2.05, 4.69) is 4.90 Å². The molecular weight excluding hydrogens is 437 g/mol. The molecule has 4 nitrogen and oxygen atoms in total. The lowest BCUT2D eigenvalue weighted by Crippen LogP contribution is -2.32. The Morgan fingerprint density at radius 3 is 2.38 bits per heavy atom. The number of hydrogen-bond acceptors (Lipinski definition) is 4. The zero-order valence-electron chi connectivity index (χ0n) is 17.3. The maximum absolute atomic E-state index is 12.8. The van der Waals surface area contributed by atoms with Gasteiger partial charge in [-0.2, -0.15) is 13.2 Å². The highest BCUT2D eigenvalue weighted by molar-refractivity contribution is 8.02. The molecule has 1 unspecified atom stereocenters. The van der Waals surface area contributed by atoms with E-state index in [4.69, 9.17) is 4.74 Å². The average molecular weight is 459 g/mol. The van der Waals surface area contributed by atoms with Crippen molar-refractivity contribution in [3.8, 4) is 5.75 Å². The fraction of sp³-hybridized carbons (Fsp3) is 0.208. The molecule has 1 aliphatic rings. The minimum atomic E-state index is -4.37. The van der Waals surface area contributed by atoms with Crippen LogP contribution in [0.3, 0.4) is 0 Å². The van der Waals surface area contributed by atoms with Crippen molar-refractivity contribution in [2.45, 2.75) is 31.7 Å². The molecule has 2 aromatic carbocycles. The van der Waals surface area contributed by atoms with E-state index in [0.29, 0.717) is 17.9 Å². The van der Waals surface area contributed by atoms with Gasteiger partial charge in [-0.05, 0) is 41.7 Å². The maximum atomic E-state index is 12.8. The molecule has 1 aromatic heterocycles. The second-order valence-electron chi connectivity index (χ2n) is 7.43. The summed E-state index contributed by atoms with van der Waals surface area (Å²) in [5.74, 6) is 0.369. The van der Waals surface area contributed by atoms with Gasteiger partial charge in [0.05, 0.1) is 5.56 Å². The molecule has 0 radical (unpaired) electrons. The summed E-state index contributed by atoms with van der Waals surface area (Å²) in [6.45, 7) is 2.77. The van der Waals surface area contributed by atoms with Gasteiger partial charge in [-0.25, -0.2) is 0 Å². The van der Waals surface area contributed by atoms with Crippen LogP contribution in [-0.4, -0.2) is 9.47 Å². The number of benzene rings is 2. The average Bonchev–Trinajstić information content (AvgIpc) is 3.13. The second-order valence-corrected chi connectivity index (χ2v) is 8.36.